The number of rotatable bonds is 6. The molecule has 1 aromatic rings. The first kappa shape index (κ1) is 23.3. The summed E-state index contributed by atoms with van der Waals surface area (Å²) in [5.41, 5.74) is 3.50. The summed E-state index contributed by atoms with van der Waals surface area (Å²) in [5, 5.41) is 0. The zero-order valence-electron chi connectivity index (χ0n) is 17.9. The van der Waals surface area contributed by atoms with Gasteiger partial charge in [0, 0.05) is 17.1 Å². The Morgan fingerprint density at radius 2 is 1.28 bits per heavy atom. The molecule has 154 valence electrons. The van der Waals surface area contributed by atoms with Crippen molar-refractivity contribution in [2.75, 3.05) is 0 Å². The van der Waals surface area contributed by atoms with E-state index in [2.05, 4.69) is 82.4 Å². The van der Waals surface area contributed by atoms with Crippen molar-refractivity contribution in [1.82, 2.24) is 4.98 Å². The predicted molar refractivity (Wildman–Crippen MR) is 120 cm³/mol. The fourth-order valence-electron chi connectivity index (χ4n) is 3.78. The molecule has 0 aliphatic heterocycles. The van der Waals surface area contributed by atoms with Crippen LogP contribution < -0.4 is 0 Å². The number of aliphatic imine (C=N–C) groups is 2. The normalized spacial score (nSPS) is 26.5. The molecule has 1 heterocycles. The second kappa shape index (κ2) is 10.1. The fourth-order valence-corrected chi connectivity index (χ4v) is 3.78. The van der Waals surface area contributed by atoms with Crippen LogP contribution in [0.5, 0.6) is 0 Å². The first-order chi connectivity index (χ1) is 13.5. The van der Waals surface area contributed by atoms with E-state index in [1.807, 2.05) is 12.1 Å². The number of hydrogen-bond acceptors (Lipinski definition) is 3. The van der Waals surface area contributed by atoms with Gasteiger partial charge >= 0.3 is 0 Å². The Hall–Kier alpha value is -2.03. The largest absolute Gasteiger partial charge is 0.277 e. The minimum absolute atomic E-state index is 0. The van der Waals surface area contributed by atoms with Gasteiger partial charge in [-0.2, -0.15) is 0 Å². The van der Waals surface area contributed by atoms with Crippen molar-refractivity contribution in [3.05, 3.63) is 78.2 Å². The molecule has 2 aliphatic rings. The molecule has 2 unspecified atom stereocenters. The second-order valence-corrected chi connectivity index (χ2v) is 7.70. The minimum Gasteiger partial charge on any atom is -0.277 e. The van der Waals surface area contributed by atoms with Gasteiger partial charge in [0.1, 0.15) is 0 Å². The van der Waals surface area contributed by atoms with Crippen LogP contribution in [0.3, 0.4) is 0 Å². The minimum atomic E-state index is -0.148. The van der Waals surface area contributed by atoms with Gasteiger partial charge in [-0.3, -0.25) is 9.98 Å². The molecule has 3 rings (SSSR count). The molecule has 2 aliphatic carbocycles. The summed E-state index contributed by atoms with van der Waals surface area (Å²) in [6.07, 6.45) is 21.0. The Morgan fingerprint density at radius 3 is 1.62 bits per heavy atom. The molecule has 0 saturated heterocycles. The summed E-state index contributed by atoms with van der Waals surface area (Å²) in [6, 6.07) is 6.14. The molecule has 0 aromatic carbocycles. The van der Waals surface area contributed by atoms with Crippen LogP contribution in [0.2, 0.25) is 0 Å². The monoisotopic (exact) mass is 429 g/mol. The molecule has 0 radical (unpaired) electrons. The topological polar surface area (TPSA) is 37.6 Å². The number of pyridine rings is 1. The van der Waals surface area contributed by atoms with Crippen LogP contribution in [0.4, 0.5) is 0 Å². The molecule has 0 spiro atoms. The molecule has 0 saturated carbocycles. The maximum Gasteiger partial charge on any atom is 0.0845 e. The number of aromatic nitrogens is 1. The van der Waals surface area contributed by atoms with E-state index in [-0.39, 0.29) is 28.1 Å². The van der Waals surface area contributed by atoms with Crippen molar-refractivity contribution in [3.63, 3.8) is 0 Å². The van der Waals surface area contributed by atoms with Crippen LogP contribution >= 0.6 is 0 Å². The summed E-state index contributed by atoms with van der Waals surface area (Å²) in [5.74, 6) is 0. The Morgan fingerprint density at radius 1 is 0.828 bits per heavy atom. The van der Waals surface area contributed by atoms with Crippen molar-refractivity contribution in [1.29, 1.82) is 0 Å². The van der Waals surface area contributed by atoms with E-state index in [0.717, 1.165) is 48.5 Å². The summed E-state index contributed by atoms with van der Waals surface area (Å²) in [6.45, 7) is 8.50. The molecular weight excluding hydrogens is 398 g/mol. The average Bonchev–Trinajstić information content (AvgIpc) is 2.75. The van der Waals surface area contributed by atoms with Gasteiger partial charge in [-0.25, -0.2) is 4.98 Å². The SMILES string of the molecule is CCC1(N=C(C)c2cccc(C(C)=NC3(CC)C=CC=CC3)n2)C=CC=CC1.[Fe]. The molecule has 0 fully saturated rings. The predicted octanol–water partition coefficient (Wildman–Crippen LogP) is 6.03. The third kappa shape index (κ3) is 5.52. The Bertz CT molecular complexity index is 822. The second-order valence-electron chi connectivity index (χ2n) is 7.70. The quantitative estimate of drug-likeness (QED) is 0.402. The first-order valence-electron chi connectivity index (χ1n) is 10.3. The van der Waals surface area contributed by atoms with E-state index < -0.39 is 0 Å². The Labute approximate surface area is 186 Å². The third-order valence-corrected chi connectivity index (χ3v) is 5.75. The fraction of sp³-hybridized carbons (Fsp3) is 0.400. The first-order valence-corrected chi connectivity index (χ1v) is 10.3. The van der Waals surface area contributed by atoms with Crippen LogP contribution in [0.15, 0.2) is 76.8 Å². The molecule has 0 bridgehead atoms. The maximum atomic E-state index is 5.06. The van der Waals surface area contributed by atoms with Crippen molar-refractivity contribution in [2.24, 2.45) is 9.98 Å². The van der Waals surface area contributed by atoms with Crippen molar-refractivity contribution in [2.45, 2.75) is 64.5 Å². The summed E-state index contributed by atoms with van der Waals surface area (Å²) in [7, 11) is 0. The zero-order chi connectivity index (χ0) is 20.0. The molecule has 3 nitrogen and oxygen atoms in total. The Kier molecular flexibility index (Phi) is 8.13. The van der Waals surface area contributed by atoms with Crippen molar-refractivity contribution >= 4 is 11.4 Å². The molecule has 1 aromatic heterocycles. The molecule has 0 N–H and O–H groups in total. The van der Waals surface area contributed by atoms with Gasteiger partial charge in [0.15, 0.2) is 0 Å². The summed E-state index contributed by atoms with van der Waals surface area (Å²) in [4.78, 5) is 15.0. The number of allylic oxidation sites excluding steroid dienone is 4. The van der Waals surface area contributed by atoms with Crippen LogP contribution in [0.1, 0.15) is 64.8 Å². The van der Waals surface area contributed by atoms with Gasteiger partial charge in [-0.15, -0.1) is 0 Å². The van der Waals surface area contributed by atoms with E-state index in [1.165, 1.54) is 0 Å². The smallest absolute Gasteiger partial charge is 0.0845 e. The maximum absolute atomic E-state index is 5.06. The van der Waals surface area contributed by atoms with E-state index in [4.69, 9.17) is 15.0 Å². The van der Waals surface area contributed by atoms with E-state index in [9.17, 15) is 0 Å². The summed E-state index contributed by atoms with van der Waals surface area (Å²) < 4.78 is 0. The van der Waals surface area contributed by atoms with Crippen molar-refractivity contribution < 1.29 is 17.1 Å². The number of nitrogens with zero attached hydrogens (tertiary/aromatic N) is 3. The van der Waals surface area contributed by atoms with Crippen LogP contribution in [0, 0.1) is 0 Å². The van der Waals surface area contributed by atoms with Gasteiger partial charge in [0.2, 0.25) is 0 Å². The molecule has 4 heteroatoms. The molecular formula is C25H31FeN3. The summed E-state index contributed by atoms with van der Waals surface area (Å²) >= 11 is 0. The van der Waals surface area contributed by atoms with Crippen molar-refractivity contribution in [3.8, 4) is 0 Å². The van der Waals surface area contributed by atoms with Crippen LogP contribution in [-0.4, -0.2) is 27.5 Å². The van der Waals surface area contributed by atoms with Gasteiger partial charge in [-0.05, 0) is 51.7 Å². The van der Waals surface area contributed by atoms with Gasteiger partial charge in [0.25, 0.3) is 0 Å². The standard InChI is InChI=1S/C25H31N3.Fe/c1-5-24(16-9-7-10-17-24)27-20(3)22-14-13-15-23(26-22)21(4)28-25(6-2)18-11-8-12-19-25;/h7-16,18H,5-6,17,19H2,1-4H3;. The van der Waals surface area contributed by atoms with Crippen LogP contribution in [-0.2, 0) is 17.1 Å². The van der Waals surface area contributed by atoms with Gasteiger partial charge in [-0.1, -0.05) is 68.5 Å². The number of hydrogen-bond donors (Lipinski definition) is 0. The van der Waals surface area contributed by atoms with Crippen LogP contribution in [0.25, 0.3) is 0 Å². The van der Waals surface area contributed by atoms with E-state index in [1.54, 1.807) is 0 Å². The van der Waals surface area contributed by atoms with E-state index >= 15 is 0 Å². The average molecular weight is 429 g/mol. The van der Waals surface area contributed by atoms with E-state index in [0.29, 0.717) is 0 Å². The molecule has 29 heavy (non-hydrogen) atoms. The Balaban J connectivity index is 0.00000300. The van der Waals surface area contributed by atoms with Gasteiger partial charge < -0.3 is 0 Å². The molecule has 2 atom stereocenters. The zero-order valence-corrected chi connectivity index (χ0v) is 19.0. The molecule has 0 amide bonds. The van der Waals surface area contributed by atoms with Gasteiger partial charge in [0.05, 0.1) is 33.9 Å². The third-order valence-electron chi connectivity index (χ3n) is 5.75.